The number of hydrogen-bond acceptors (Lipinski definition) is 6. The highest BCUT2D eigenvalue weighted by molar-refractivity contribution is 7.17. The predicted octanol–water partition coefficient (Wildman–Crippen LogP) is 3.56. The van der Waals surface area contributed by atoms with Crippen molar-refractivity contribution in [2.45, 2.75) is 38.7 Å². The molecule has 1 unspecified atom stereocenters. The number of aromatic nitrogens is 5. The van der Waals surface area contributed by atoms with E-state index in [1.54, 1.807) is 29.5 Å². The molecule has 1 fully saturated rings. The molecule has 0 spiro atoms. The monoisotopic (exact) mass is 395 g/mol. The third kappa shape index (κ3) is 2.63. The second-order valence-corrected chi connectivity index (χ2v) is 8.32. The van der Waals surface area contributed by atoms with Crippen LogP contribution in [0.3, 0.4) is 0 Å². The first-order valence-electron chi connectivity index (χ1n) is 9.28. The first-order chi connectivity index (χ1) is 13.6. The zero-order valence-electron chi connectivity index (χ0n) is 16.0. The zero-order chi connectivity index (χ0) is 19.4. The fraction of sp³-hybridized carbons (Fsp3) is 0.350. The molecule has 3 aromatic heterocycles. The summed E-state index contributed by atoms with van der Waals surface area (Å²) >= 11 is 1.71. The van der Waals surface area contributed by atoms with Crippen molar-refractivity contribution in [3.05, 3.63) is 58.2 Å². The Morgan fingerprint density at radius 3 is 2.82 bits per heavy atom. The van der Waals surface area contributed by atoms with Crippen LogP contribution in [-0.2, 0) is 0 Å². The van der Waals surface area contributed by atoms with Gasteiger partial charge in [-0.25, -0.2) is 9.67 Å². The van der Waals surface area contributed by atoms with Crippen molar-refractivity contribution < 1.29 is 9.84 Å². The number of nitrogens with zero attached hydrogens (tertiary/aromatic N) is 5. The molecule has 7 nitrogen and oxygen atoms in total. The molecule has 0 radical (unpaired) electrons. The zero-order valence-corrected chi connectivity index (χ0v) is 16.8. The molecule has 1 aromatic carbocycles. The Morgan fingerprint density at radius 1 is 1.29 bits per heavy atom. The molecule has 0 saturated heterocycles. The van der Waals surface area contributed by atoms with Crippen LogP contribution in [0.4, 0.5) is 0 Å². The standard InChI is InChI=1S/C20H21N5O2S/c1-11-8-14(27-3)6-7-15(11)25-12(2)17(22-23-25)19(26)18-20(13-4-5-13)28-16-9-21-10-24(16)18/h6-10,13,19,26H,4-5H2,1-3H3. The summed E-state index contributed by atoms with van der Waals surface area (Å²) < 4.78 is 9.06. The van der Waals surface area contributed by atoms with Crippen molar-refractivity contribution in [3.8, 4) is 11.4 Å². The van der Waals surface area contributed by atoms with Crippen LogP contribution in [0, 0.1) is 13.8 Å². The van der Waals surface area contributed by atoms with Crippen molar-refractivity contribution in [1.82, 2.24) is 24.4 Å². The largest absolute Gasteiger partial charge is 0.497 e. The molecule has 1 atom stereocenters. The Balaban J connectivity index is 1.58. The van der Waals surface area contributed by atoms with Crippen LogP contribution in [0.25, 0.3) is 10.5 Å². The summed E-state index contributed by atoms with van der Waals surface area (Å²) in [5, 5.41) is 20.0. The van der Waals surface area contributed by atoms with E-state index in [0.717, 1.165) is 33.2 Å². The Labute approximate surface area is 166 Å². The number of methoxy groups -OCH3 is 1. The second kappa shape index (κ2) is 6.42. The summed E-state index contributed by atoms with van der Waals surface area (Å²) in [6, 6.07) is 5.82. The van der Waals surface area contributed by atoms with Gasteiger partial charge in [0.05, 0.1) is 30.4 Å². The van der Waals surface area contributed by atoms with Crippen molar-refractivity contribution in [2.75, 3.05) is 7.11 Å². The Bertz CT molecular complexity index is 1170. The van der Waals surface area contributed by atoms with E-state index in [2.05, 4.69) is 15.3 Å². The third-order valence-electron chi connectivity index (χ3n) is 5.36. The van der Waals surface area contributed by atoms with E-state index in [-0.39, 0.29) is 0 Å². The van der Waals surface area contributed by atoms with Gasteiger partial charge < -0.3 is 9.84 Å². The normalized spacial score (nSPS) is 15.3. The smallest absolute Gasteiger partial charge is 0.141 e. The van der Waals surface area contributed by atoms with Crippen LogP contribution in [0.15, 0.2) is 30.7 Å². The Kier molecular flexibility index (Phi) is 3.99. The number of rotatable bonds is 5. The highest BCUT2D eigenvalue weighted by Crippen LogP contribution is 2.47. The van der Waals surface area contributed by atoms with Crippen LogP contribution in [0.1, 0.15) is 52.4 Å². The molecule has 1 saturated carbocycles. The SMILES string of the molecule is COc1ccc(-n2nnc(C(O)c3c(C4CC4)sc4cncn34)c2C)c(C)c1. The number of hydrogen-bond donors (Lipinski definition) is 1. The van der Waals surface area contributed by atoms with Crippen LogP contribution in [0.2, 0.25) is 0 Å². The highest BCUT2D eigenvalue weighted by Gasteiger charge is 2.34. The van der Waals surface area contributed by atoms with Crippen molar-refractivity contribution in [2.24, 2.45) is 0 Å². The van der Waals surface area contributed by atoms with E-state index in [4.69, 9.17) is 4.74 Å². The minimum Gasteiger partial charge on any atom is -0.497 e. The quantitative estimate of drug-likeness (QED) is 0.559. The molecule has 0 aliphatic heterocycles. The molecule has 5 rings (SSSR count). The number of fused-ring (bicyclic) bond motifs is 1. The molecule has 28 heavy (non-hydrogen) atoms. The molecule has 1 aliphatic rings. The number of benzene rings is 1. The third-order valence-corrected chi connectivity index (χ3v) is 6.63. The van der Waals surface area contributed by atoms with Gasteiger partial charge in [0.15, 0.2) is 0 Å². The van der Waals surface area contributed by atoms with E-state index in [0.29, 0.717) is 11.6 Å². The average Bonchev–Trinajstić information content (AvgIpc) is 3.15. The topological polar surface area (TPSA) is 77.5 Å². The van der Waals surface area contributed by atoms with E-state index >= 15 is 0 Å². The number of aryl methyl sites for hydroxylation is 1. The number of imidazole rings is 1. The summed E-state index contributed by atoms with van der Waals surface area (Å²) in [6.45, 7) is 3.95. The lowest BCUT2D eigenvalue weighted by Gasteiger charge is -2.12. The highest BCUT2D eigenvalue weighted by atomic mass is 32.1. The molecule has 1 N–H and O–H groups in total. The van der Waals surface area contributed by atoms with Gasteiger partial charge in [-0.05, 0) is 56.4 Å². The fourth-order valence-electron chi connectivity index (χ4n) is 3.67. The number of thiazole rings is 1. The van der Waals surface area contributed by atoms with E-state index in [1.807, 2.05) is 42.6 Å². The minimum absolute atomic E-state index is 0.536. The van der Waals surface area contributed by atoms with E-state index in [9.17, 15) is 5.11 Å². The minimum atomic E-state index is -0.842. The lowest BCUT2D eigenvalue weighted by atomic mass is 10.1. The molecule has 3 heterocycles. The molecule has 0 amide bonds. The summed E-state index contributed by atoms with van der Waals surface area (Å²) in [6.07, 6.45) is 5.12. The fourth-order valence-corrected chi connectivity index (χ4v) is 4.97. The molecule has 4 aromatic rings. The number of aliphatic hydroxyl groups is 1. The van der Waals surface area contributed by atoms with Gasteiger partial charge in [0.1, 0.15) is 28.7 Å². The van der Waals surface area contributed by atoms with Gasteiger partial charge in [0.2, 0.25) is 0 Å². The van der Waals surface area contributed by atoms with E-state index < -0.39 is 6.10 Å². The molecule has 0 bridgehead atoms. The number of ether oxygens (including phenoxy) is 1. The van der Waals surface area contributed by atoms with Crippen molar-refractivity contribution >= 4 is 16.2 Å². The summed E-state index contributed by atoms with van der Waals surface area (Å²) in [7, 11) is 1.65. The Hall–Kier alpha value is -2.71. The van der Waals surface area contributed by atoms with Gasteiger partial charge in [-0.2, -0.15) is 0 Å². The maximum absolute atomic E-state index is 11.3. The summed E-state index contributed by atoms with van der Waals surface area (Å²) in [5.74, 6) is 1.34. The van der Waals surface area contributed by atoms with Gasteiger partial charge in [-0.15, -0.1) is 16.4 Å². The van der Waals surface area contributed by atoms with Gasteiger partial charge in [0, 0.05) is 4.88 Å². The van der Waals surface area contributed by atoms with Gasteiger partial charge in [-0.3, -0.25) is 4.40 Å². The predicted molar refractivity (Wildman–Crippen MR) is 106 cm³/mol. The molecular formula is C20H21N5O2S. The maximum atomic E-state index is 11.3. The van der Waals surface area contributed by atoms with Gasteiger partial charge >= 0.3 is 0 Å². The van der Waals surface area contributed by atoms with E-state index in [1.165, 1.54) is 17.7 Å². The lowest BCUT2D eigenvalue weighted by molar-refractivity contribution is 0.207. The van der Waals surface area contributed by atoms with Crippen LogP contribution in [0.5, 0.6) is 5.75 Å². The van der Waals surface area contributed by atoms with Crippen LogP contribution in [-0.4, -0.2) is 36.6 Å². The van der Waals surface area contributed by atoms with Crippen LogP contribution < -0.4 is 4.74 Å². The maximum Gasteiger partial charge on any atom is 0.141 e. The molecule has 1 aliphatic carbocycles. The van der Waals surface area contributed by atoms with Gasteiger partial charge in [-0.1, -0.05) is 5.21 Å². The summed E-state index contributed by atoms with van der Waals surface area (Å²) in [4.78, 5) is 6.51. The number of aliphatic hydroxyl groups excluding tert-OH is 1. The molecular weight excluding hydrogens is 374 g/mol. The lowest BCUT2D eigenvalue weighted by Crippen LogP contribution is -2.08. The molecule has 144 valence electrons. The average molecular weight is 395 g/mol. The van der Waals surface area contributed by atoms with Crippen molar-refractivity contribution in [1.29, 1.82) is 0 Å². The second-order valence-electron chi connectivity index (χ2n) is 7.25. The Morgan fingerprint density at radius 2 is 2.11 bits per heavy atom. The first kappa shape index (κ1) is 17.4. The summed E-state index contributed by atoms with van der Waals surface area (Å²) in [5.41, 5.74) is 4.22. The van der Waals surface area contributed by atoms with Crippen LogP contribution >= 0.6 is 11.3 Å². The molecule has 8 heteroatoms. The van der Waals surface area contributed by atoms with Gasteiger partial charge in [0.25, 0.3) is 0 Å². The first-order valence-corrected chi connectivity index (χ1v) is 10.1. The van der Waals surface area contributed by atoms with Crippen molar-refractivity contribution in [3.63, 3.8) is 0 Å².